The van der Waals surface area contributed by atoms with Gasteiger partial charge in [-0.2, -0.15) is 4.39 Å². The van der Waals surface area contributed by atoms with Crippen LogP contribution in [0.5, 0.6) is 0 Å². The Balaban J connectivity index is 2.31. The minimum Gasteiger partial charge on any atom is -0.307 e. The maximum atomic E-state index is 13.1. The molecule has 0 saturated carbocycles. The Hall–Kier alpha value is -2.83. The smallest absolute Gasteiger partial charge is 0.305 e. The molecule has 2 rings (SSSR count). The Kier molecular flexibility index (Phi) is 3.46. The molecule has 1 aromatic carbocycles. The maximum Gasteiger partial charge on any atom is 0.305 e. The van der Waals surface area contributed by atoms with Gasteiger partial charge in [0, 0.05) is 18.3 Å². The summed E-state index contributed by atoms with van der Waals surface area (Å²) in [4.78, 5) is 27.1. The number of benzene rings is 1. The first-order valence-corrected chi connectivity index (χ1v) is 5.23. The lowest BCUT2D eigenvalue weighted by molar-refractivity contribution is -0.387. The van der Waals surface area contributed by atoms with Gasteiger partial charge in [0.15, 0.2) is 0 Å². The van der Waals surface area contributed by atoms with Gasteiger partial charge in [-0.25, -0.2) is 4.98 Å². The third kappa shape index (κ3) is 3.09. The molecule has 0 unspecified atom stereocenters. The van der Waals surface area contributed by atoms with Crippen molar-refractivity contribution in [3.8, 4) is 0 Å². The predicted molar refractivity (Wildman–Crippen MR) is 66.8 cm³/mol. The number of halogens is 1. The summed E-state index contributed by atoms with van der Waals surface area (Å²) < 4.78 is 13.1. The molecular weight excluding hydrogens is 253 g/mol. The number of hydrogen-bond acceptors (Lipinski definition) is 4. The average molecular weight is 261 g/mol. The first kappa shape index (κ1) is 12.6. The fraction of sp³-hybridized carbons (Fsp3) is 0. The lowest BCUT2D eigenvalue weighted by Gasteiger charge is -1.96. The summed E-state index contributed by atoms with van der Waals surface area (Å²) in [7, 11) is 0. The molecule has 1 heterocycles. The normalized spacial score (nSPS) is 10.8. The van der Waals surface area contributed by atoms with Gasteiger partial charge in [0.1, 0.15) is 5.82 Å². The summed E-state index contributed by atoms with van der Waals surface area (Å²) in [5, 5.41) is 10.6. The van der Waals surface area contributed by atoms with Crippen molar-refractivity contribution in [3.63, 3.8) is 0 Å². The van der Waals surface area contributed by atoms with E-state index in [0.717, 1.165) is 12.1 Å². The zero-order valence-corrected chi connectivity index (χ0v) is 9.54. The summed E-state index contributed by atoms with van der Waals surface area (Å²) in [5.41, 5.74) is -0.476. The van der Waals surface area contributed by atoms with Crippen LogP contribution >= 0.6 is 0 Å². The first-order chi connectivity index (χ1) is 9.06. The summed E-state index contributed by atoms with van der Waals surface area (Å²) in [5.74, 6) is -0.590. The number of nitrogens with one attached hydrogen (secondary N) is 1. The monoisotopic (exact) mass is 261 g/mol. The highest BCUT2D eigenvalue weighted by atomic mass is 19.1. The van der Waals surface area contributed by atoms with Gasteiger partial charge in [0.25, 0.3) is 5.56 Å². The van der Waals surface area contributed by atoms with Crippen molar-refractivity contribution in [2.75, 3.05) is 0 Å². The molecule has 0 radical (unpaired) electrons. The lowest BCUT2D eigenvalue weighted by atomic mass is 10.2. The van der Waals surface area contributed by atoms with Crippen LogP contribution in [0.3, 0.4) is 0 Å². The molecule has 0 fully saturated rings. The zero-order valence-electron chi connectivity index (χ0n) is 9.54. The van der Waals surface area contributed by atoms with E-state index in [4.69, 9.17) is 0 Å². The molecule has 96 valence electrons. The molecule has 1 N–H and O–H groups in total. The summed E-state index contributed by atoms with van der Waals surface area (Å²) in [6, 6.07) is 4.77. The molecule has 0 atom stereocenters. The first-order valence-electron chi connectivity index (χ1n) is 5.23. The fourth-order valence-corrected chi connectivity index (χ4v) is 1.42. The van der Waals surface area contributed by atoms with Crippen LogP contribution in [-0.4, -0.2) is 14.9 Å². The third-order valence-electron chi connectivity index (χ3n) is 2.29. The fourth-order valence-electron chi connectivity index (χ4n) is 1.42. The molecule has 0 saturated heterocycles. The van der Waals surface area contributed by atoms with Crippen LogP contribution in [-0.2, 0) is 0 Å². The highest BCUT2D eigenvalue weighted by Gasteiger charge is 2.13. The van der Waals surface area contributed by atoms with Crippen LogP contribution in [0.4, 0.5) is 10.1 Å². The van der Waals surface area contributed by atoms with Crippen LogP contribution in [0.15, 0.2) is 35.3 Å². The Bertz CT molecular complexity index is 709. The van der Waals surface area contributed by atoms with E-state index in [9.17, 15) is 19.3 Å². The number of aromatic amines is 1. The molecule has 1 aromatic heterocycles. The molecule has 0 aliphatic heterocycles. The molecule has 0 spiro atoms. The summed E-state index contributed by atoms with van der Waals surface area (Å²) >= 11 is 0. The molecule has 2 aromatic rings. The second-order valence-corrected chi connectivity index (χ2v) is 3.62. The van der Waals surface area contributed by atoms with Gasteiger partial charge in [0.2, 0.25) is 5.82 Å². The summed E-state index contributed by atoms with van der Waals surface area (Å²) in [6.07, 6.45) is 4.30. The SMILES string of the molecule is O=c1ccnc(/C=C/c2ccc(F)c([N+](=O)[O-])c2)[nH]1. The minimum absolute atomic E-state index is 0.305. The van der Waals surface area contributed by atoms with Crippen molar-refractivity contribution in [2.45, 2.75) is 0 Å². The topological polar surface area (TPSA) is 88.9 Å². The van der Waals surface area contributed by atoms with Gasteiger partial charge in [-0.15, -0.1) is 0 Å². The van der Waals surface area contributed by atoms with Gasteiger partial charge < -0.3 is 4.98 Å². The molecule has 6 nitrogen and oxygen atoms in total. The summed E-state index contributed by atoms with van der Waals surface area (Å²) in [6.45, 7) is 0. The second-order valence-electron chi connectivity index (χ2n) is 3.62. The Labute approximate surface area is 106 Å². The van der Waals surface area contributed by atoms with Crippen LogP contribution < -0.4 is 5.56 Å². The molecule has 0 bridgehead atoms. The van der Waals surface area contributed by atoms with Crippen molar-refractivity contribution < 1.29 is 9.31 Å². The highest BCUT2D eigenvalue weighted by molar-refractivity contribution is 5.67. The van der Waals surface area contributed by atoms with E-state index in [2.05, 4.69) is 9.97 Å². The van der Waals surface area contributed by atoms with Gasteiger partial charge in [-0.05, 0) is 17.7 Å². The number of nitro benzene ring substituents is 1. The van der Waals surface area contributed by atoms with E-state index < -0.39 is 16.4 Å². The maximum absolute atomic E-state index is 13.1. The van der Waals surface area contributed by atoms with Crippen molar-refractivity contribution in [3.05, 3.63) is 68.1 Å². The number of hydrogen-bond donors (Lipinski definition) is 1. The predicted octanol–water partition coefficient (Wildman–Crippen LogP) is 1.99. The molecule has 0 aliphatic rings. The molecule has 7 heteroatoms. The zero-order chi connectivity index (χ0) is 13.8. The van der Waals surface area contributed by atoms with Crippen molar-refractivity contribution in [1.82, 2.24) is 9.97 Å². The van der Waals surface area contributed by atoms with Crippen LogP contribution in [0.1, 0.15) is 11.4 Å². The number of nitrogens with zero attached hydrogens (tertiary/aromatic N) is 2. The Morgan fingerprint density at radius 3 is 2.79 bits per heavy atom. The van der Waals surface area contributed by atoms with E-state index in [-0.39, 0.29) is 5.56 Å². The van der Waals surface area contributed by atoms with E-state index in [1.807, 2.05) is 0 Å². The average Bonchev–Trinajstić information content (AvgIpc) is 2.37. The van der Waals surface area contributed by atoms with Crippen molar-refractivity contribution in [1.29, 1.82) is 0 Å². The van der Waals surface area contributed by atoms with E-state index in [1.165, 1.54) is 30.5 Å². The standard InChI is InChI=1S/C12H8FN3O3/c13-9-3-1-8(7-10(9)16(18)19)2-4-11-14-6-5-12(17)15-11/h1-7H,(H,14,15,17)/b4-2+. The number of rotatable bonds is 3. The second kappa shape index (κ2) is 5.21. The van der Waals surface area contributed by atoms with Crippen LogP contribution in [0.25, 0.3) is 12.2 Å². The van der Waals surface area contributed by atoms with Gasteiger partial charge in [0.05, 0.1) is 4.92 Å². The van der Waals surface area contributed by atoms with E-state index in [1.54, 1.807) is 0 Å². The van der Waals surface area contributed by atoms with Gasteiger partial charge in [-0.1, -0.05) is 12.1 Å². The minimum atomic E-state index is -0.895. The van der Waals surface area contributed by atoms with Gasteiger partial charge >= 0.3 is 5.69 Å². The lowest BCUT2D eigenvalue weighted by Crippen LogP contribution is -2.05. The van der Waals surface area contributed by atoms with E-state index in [0.29, 0.717) is 11.4 Å². The molecule has 0 amide bonds. The largest absolute Gasteiger partial charge is 0.307 e. The van der Waals surface area contributed by atoms with Crippen LogP contribution in [0.2, 0.25) is 0 Å². The highest BCUT2D eigenvalue weighted by Crippen LogP contribution is 2.19. The number of H-pyrrole nitrogens is 1. The quantitative estimate of drug-likeness (QED) is 0.675. The molecular formula is C12H8FN3O3. The number of nitro groups is 1. The van der Waals surface area contributed by atoms with Gasteiger partial charge in [-0.3, -0.25) is 14.9 Å². The Morgan fingerprint density at radius 1 is 1.32 bits per heavy atom. The third-order valence-corrected chi connectivity index (χ3v) is 2.29. The molecule has 19 heavy (non-hydrogen) atoms. The molecule has 0 aliphatic carbocycles. The Morgan fingerprint density at radius 2 is 2.11 bits per heavy atom. The number of aromatic nitrogens is 2. The van der Waals surface area contributed by atoms with E-state index >= 15 is 0 Å². The van der Waals surface area contributed by atoms with Crippen molar-refractivity contribution in [2.24, 2.45) is 0 Å². The van der Waals surface area contributed by atoms with Crippen molar-refractivity contribution >= 4 is 17.8 Å². The van der Waals surface area contributed by atoms with Crippen LogP contribution in [0, 0.1) is 15.9 Å².